The fourth-order valence-electron chi connectivity index (χ4n) is 1.79. The molecule has 0 spiro atoms. The number of carboxylic acids is 1. The molecule has 0 amide bonds. The molecule has 0 saturated carbocycles. The Bertz CT molecular complexity index is 412. The number of carboxylic acid groups (broad SMARTS) is 1. The lowest BCUT2D eigenvalue weighted by Gasteiger charge is -2.16. The van der Waals surface area contributed by atoms with Crippen LogP contribution in [0.5, 0.6) is 5.75 Å². The van der Waals surface area contributed by atoms with Crippen molar-refractivity contribution in [1.82, 2.24) is 5.32 Å². The van der Waals surface area contributed by atoms with Gasteiger partial charge >= 0.3 is 5.97 Å². The maximum absolute atomic E-state index is 11.1. The summed E-state index contributed by atoms with van der Waals surface area (Å²) in [6.07, 6.45) is 0.889. The minimum atomic E-state index is -0.893. The molecule has 4 nitrogen and oxygen atoms in total. The van der Waals surface area contributed by atoms with Gasteiger partial charge in [-0.05, 0) is 20.3 Å². The van der Waals surface area contributed by atoms with Crippen molar-refractivity contribution in [1.29, 1.82) is 0 Å². The molecule has 0 fully saturated rings. The van der Waals surface area contributed by atoms with E-state index in [0.29, 0.717) is 17.2 Å². The first-order valence-corrected chi connectivity index (χ1v) is 6.16. The van der Waals surface area contributed by atoms with Gasteiger partial charge in [0.25, 0.3) is 0 Å². The van der Waals surface area contributed by atoms with Gasteiger partial charge < -0.3 is 15.2 Å². The minimum absolute atomic E-state index is 0.00118. The van der Waals surface area contributed by atoms with Crippen LogP contribution in [0.3, 0.4) is 0 Å². The van der Waals surface area contributed by atoms with E-state index in [1.54, 1.807) is 0 Å². The van der Waals surface area contributed by atoms with Crippen LogP contribution in [0, 0.1) is 0 Å². The number of rotatable bonds is 3. The Kier molecular flexibility index (Phi) is 3.16. The van der Waals surface area contributed by atoms with E-state index in [1.165, 1.54) is 11.3 Å². The first-order chi connectivity index (χ1) is 7.59. The highest BCUT2D eigenvalue weighted by atomic mass is 32.1. The Hall–Kier alpha value is -1.07. The summed E-state index contributed by atoms with van der Waals surface area (Å²) in [5.41, 5.74) is 1.03. The van der Waals surface area contributed by atoms with Gasteiger partial charge in [0, 0.05) is 23.5 Å². The number of thiophene rings is 1. The maximum atomic E-state index is 11.1. The van der Waals surface area contributed by atoms with Crippen LogP contribution < -0.4 is 10.1 Å². The number of ether oxygens (including phenoxy) is 1. The van der Waals surface area contributed by atoms with Crippen LogP contribution in [0.15, 0.2) is 0 Å². The lowest BCUT2D eigenvalue weighted by molar-refractivity contribution is 0.0696. The SMILES string of the molecule is CC(C)Oc1c(C(=O)O)sc2c1CNCC2. The zero-order chi connectivity index (χ0) is 11.7. The van der Waals surface area contributed by atoms with E-state index in [4.69, 9.17) is 9.84 Å². The molecule has 0 saturated heterocycles. The van der Waals surface area contributed by atoms with Crippen LogP contribution in [0.4, 0.5) is 0 Å². The Balaban J connectivity index is 2.44. The third kappa shape index (κ3) is 2.05. The molecule has 0 radical (unpaired) electrons. The summed E-state index contributed by atoms with van der Waals surface area (Å²) in [6, 6.07) is 0. The van der Waals surface area contributed by atoms with Crippen molar-refractivity contribution in [2.45, 2.75) is 32.9 Å². The molecule has 0 aromatic carbocycles. The number of hydrogen-bond donors (Lipinski definition) is 2. The van der Waals surface area contributed by atoms with Crippen molar-refractivity contribution < 1.29 is 14.6 Å². The Morgan fingerprint density at radius 2 is 2.31 bits per heavy atom. The third-order valence-corrected chi connectivity index (χ3v) is 3.68. The van der Waals surface area contributed by atoms with Gasteiger partial charge in [-0.2, -0.15) is 0 Å². The molecule has 16 heavy (non-hydrogen) atoms. The summed E-state index contributed by atoms with van der Waals surface area (Å²) in [5.74, 6) is -0.329. The summed E-state index contributed by atoms with van der Waals surface area (Å²) in [6.45, 7) is 5.44. The van der Waals surface area contributed by atoms with Crippen LogP contribution in [0.1, 0.15) is 34.0 Å². The van der Waals surface area contributed by atoms with Gasteiger partial charge in [-0.3, -0.25) is 0 Å². The van der Waals surface area contributed by atoms with Gasteiger partial charge in [-0.15, -0.1) is 11.3 Å². The highest BCUT2D eigenvalue weighted by molar-refractivity contribution is 7.14. The molecule has 1 aliphatic rings. The van der Waals surface area contributed by atoms with Gasteiger partial charge in [0.15, 0.2) is 4.88 Å². The first kappa shape index (κ1) is 11.4. The topological polar surface area (TPSA) is 58.6 Å². The van der Waals surface area contributed by atoms with Crippen LogP contribution in [0.25, 0.3) is 0 Å². The fourth-order valence-corrected chi connectivity index (χ4v) is 2.88. The molecule has 1 aromatic rings. The smallest absolute Gasteiger partial charge is 0.349 e. The normalized spacial score (nSPS) is 14.9. The summed E-state index contributed by atoms with van der Waals surface area (Å²) < 4.78 is 5.63. The Labute approximate surface area is 98.2 Å². The Morgan fingerprint density at radius 1 is 1.56 bits per heavy atom. The van der Waals surface area contributed by atoms with Crippen LogP contribution in [-0.4, -0.2) is 23.7 Å². The van der Waals surface area contributed by atoms with E-state index in [-0.39, 0.29) is 6.10 Å². The standard InChI is InChI=1S/C11H15NO3S/c1-6(2)15-9-7-5-12-4-3-8(7)16-10(9)11(13)14/h6,12H,3-5H2,1-2H3,(H,13,14). The van der Waals surface area contributed by atoms with Crippen molar-refractivity contribution in [3.8, 4) is 5.75 Å². The fraction of sp³-hybridized carbons (Fsp3) is 0.545. The molecule has 0 unspecified atom stereocenters. The minimum Gasteiger partial charge on any atom is -0.489 e. The quantitative estimate of drug-likeness (QED) is 0.848. The molecule has 5 heteroatoms. The predicted molar refractivity (Wildman–Crippen MR) is 62.5 cm³/mol. The van der Waals surface area contributed by atoms with Crippen molar-refractivity contribution in [3.05, 3.63) is 15.3 Å². The molecule has 0 aliphatic carbocycles. The predicted octanol–water partition coefficient (Wildman–Crippen LogP) is 1.88. The van der Waals surface area contributed by atoms with Crippen LogP contribution in [0.2, 0.25) is 0 Å². The highest BCUT2D eigenvalue weighted by Crippen LogP contribution is 2.37. The van der Waals surface area contributed by atoms with Crippen molar-refractivity contribution in [3.63, 3.8) is 0 Å². The number of nitrogens with one attached hydrogen (secondary N) is 1. The zero-order valence-corrected chi connectivity index (χ0v) is 10.2. The zero-order valence-electron chi connectivity index (χ0n) is 9.37. The van der Waals surface area contributed by atoms with E-state index < -0.39 is 5.97 Å². The molecule has 1 aliphatic heterocycles. The van der Waals surface area contributed by atoms with Gasteiger partial charge in [0.1, 0.15) is 5.75 Å². The number of fused-ring (bicyclic) bond motifs is 1. The van der Waals surface area contributed by atoms with Crippen LogP contribution >= 0.6 is 11.3 Å². The Morgan fingerprint density at radius 3 is 2.94 bits per heavy atom. The van der Waals surface area contributed by atoms with Crippen molar-refractivity contribution in [2.24, 2.45) is 0 Å². The monoisotopic (exact) mass is 241 g/mol. The average molecular weight is 241 g/mol. The van der Waals surface area contributed by atoms with E-state index >= 15 is 0 Å². The van der Waals surface area contributed by atoms with Gasteiger partial charge in [-0.25, -0.2) is 4.79 Å². The molecule has 2 heterocycles. The van der Waals surface area contributed by atoms with E-state index in [9.17, 15) is 4.79 Å². The number of carbonyl (C=O) groups is 1. The lowest BCUT2D eigenvalue weighted by Crippen LogP contribution is -2.23. The third-order valence-electron chi connectivity index (χ3n) is 2.42. The van der Waals surface area contributed by atoms with Crippen molar-refractivity contribution >= 4 is 17.3 Å². The second-order valence-corrected chi connectivity index (χ2v) is 5.17. The molecule has 1 aromatic heterocycles. The van der Waals surface area contributed by atoms with Gasteiger partial charge in [0.05, 0.1) is 6.10 Å². The van der Waals surface area contributed by atoms with E-state index in [1.807, 2.05) is 13.8 Å². The number of aromatic carboxylic acids is 1. The molecule has 2 rings (SSSR count). The summed E-state index contributed by atoms with van der Waals surface area (Å²) >= 11 is 1.35. The highest BCUT2D eigenvalue weighted by Gasteiger charge is 2.25. The molecule has 88 valence electrons. The average Bonchev–Trinajstić information content (AvgIpc) is 2.57. The maximum Gasteiger partial charge on any atom is 0.349 e. The molecule has 2 N–H and O–H groups in total. The molecule has 0 atom stereocenters. The summed E-state index contributed by atoms with van der Waals surface area (Å²) in [7, 11) is 0. The van der Waals surface area contributed by atoms with Crippen molar-refractivity contribution in [2.75, 3.05) is 6.54 Å². The molecule has 0 bridgehead atoms. The number of hydrogen-bond acceptors (Lipinski definition) is 4. The summed E-state index contributed by atoms with van der Waals surface area (Å²) in [5, 5.41) is 12.4. The summed E-state index contributed by atoms with van der Waals surface area (Å²) in [4.78, 5) is 12.6. The first-order valence-electron chi connectivity index (χ1n) is 5.34. The van der Waals surface area contributed by atoms with E-state index in [0.717, 1.165) is 23.4 Å². The molecular weight excluding hydrogens is 226 g/mol. The lowest BCUT2D eigenvalue weighted by atomic mass is 10.1. The van der Waals surface area contributed by atoms with E-state index in [2.05, 4.69) is 5.32 Å². The second kappa shape index (κ2) is 4.43. The van der Waals surface area contributed by atoms with Gasteiger partial charge in [0.2, 0.25) is 0 Å². The largest absolute Gasteiger partial charge is 0.489 e. The van der Waals surface area contributed by atoms with Crippen LogP contribution in [-0.2, 0) is 13.0 Å². The molecular formula is C11H15NO3S. The second-order valence-electron chi connectivity index (χ2n) is 4.06. The van der Waals surface area contributed by atoms with Gasteiger partial charge in [-0.1, -0.05) is 0 Å².